The monoisotopic (exact) mass is 297 g/mol. The zero-order valence-corrected chi connectivity index (χ0v) is 12.6. The number of carbonyl (C=O) groups excluding carboxylic acids is 1. The highest BCUT2D eigenvalue weighted by Crippen LogP contribution is 2.18. The molecule has 0 aliphatic rings. The molecular formula is C15H23NO5. The van der Waals surface area contributed by atoms with Crippen LogP contribution in [0.15, 0.2) is 16.5 Å². The molecule has 0 radical (unpaired) electrons. The standard InChI is InChI=1S/C15H23NO5/c1-3-11-8-9-13(21-11)12(10-20-2)16-14(17)6-4-5-7-15(18)19/h8-9,12H,3-7,10H2,1-2H3,(H,16,17)(H,18,19). The van der Waals surface area contributed by atoms with Gasteiger partial charge in [0.25, 0.3) is 0 Å². The third-order valence-electron chi connectivity index (χ3n) is 3.09. The molecule has 0 fully saturated rings. The van der Waals surface area contributed by atoms with Gasteiger partial charge < -0.3 is 19.6 Å². The van der Waals surface area contributed by atoms with Gasteiger partial charge in [-0.1, -0.05) is 6.92 Å². The van der Waals surface area contributed by atoms with Crippen molar-refractivity contribution in [2.24, 2.45) is 0 Å². The third kappa shape index (κ3) is 6.44. The Hall–Kier alpha value is -1.82. The van der Waals surface area contributed by atoms with Crippen molar-refractivity contribution >= 4 is 11.9 Å². The molecule has 1 aromatic heterocycles. The number of amides is 1. The van der Waals surface area contributed by atoms with Crippen molar-refractivity contribution in [2.75, 3.05) is 13.7 Å². The lowest BCUT2D eigenvalue weighted by Crippen LogP contribution is -2.30. The van der Waals surface area contributed by atoms with Crippen LogP contribution in [0.3, 0.4) is 0 Å². The fraction of sp³-hybridized carbons (Fsp3) is 0.600. The number of ether oxygens (including phenoxy) is 1. The molecule has 1 unspecified atom stereocenters. The van der Waals surface area contributed by atoms with Gasteiger partial charge in [0, 0.05) is 26.4 Å². The average molecular weight is 297 g/mol. The van der Waals surface area contributed by atoms with Crippen molar-refractivity contribution in [3.8, 4) is 0 Å². The van der Waals surface area contributed by atoms with Crippen molar-refractivity contribution < 1.29 is 23.8 Å². The summed E-state index contributed by atoms with van der Waals surface area (Å²) < 4.78 is 10.7. The van der Waals surface area contributed by atoms with Gasteiger partial charge in [-0.15, -0.1) is 0 Å². The lowest BCUT2D eigenvalue weighted by Gasteiger charge is -2.15. The molecule has 1 heterocycles. The number of carboxylic acids is 1. The number of carbonyl (C=O) groups is 2. The summed E-state index contributed by atoms with van der Waals surface area (Å²) in [6.07, 6.45) is 2.24. The van der Waals surface area contributed by atoms with Gasteiger partial charge in [-0.2, -0.15) is 0 Å². The normalized spacial score (nSPS) is 12.1. The molecule has 6 heteroatoms. The van der Waals surface area contributed by atoms with Crippen molar-refractivity contribution in [1.29, 1.82) is 0 Å². The van der Waals surface area contributed by atoms with E-state index in [1.54, 1.807) is 7.11 Å². The van der Waals surface area contributed by atoms with Gasteiger partial charge in [-0.25, -0.2) is 0 Å². The van der Waals surface area contributed by atoms with Crippen molar-refractivity contribution in [3.63, 3.8) is 0 Å². The van der Waals surface area contributed by atoms with Gasteiger partial charge in [0.2, 0.25) is 5.91 Å². The molecule has 21 heavy (non-hydrogen) atoms. The number of aliphatic carboxylic acids is 1. The fourth-order valence-electron chi connectivity index (χ4n) is 1.96. The first kappa shape index (κ1) is 17.2. The molecule has 1 amide bonds. The Balaban J connectivity index is 2.46. The van der Waals surface area contributed by atoms with Crippen LogP contribution in [0.5, 0.6) is 0 Å². The van der Waals surface area contributed by atoms with E-state index >= 15 is 0 Å². The Morgan fingerprint density at radius 2 is 2.05 bits per heavy atom. The topological polar surface area (TPSA) is 88.8 Å². The Morgan fingerprint density at radius 3 is 2.62 bits per heavy atom. The van der Waals surface area contributed by atoms with E-state index in [2.05, 4.69) is 5.32 Å². The van der Waals surface area contributed by atoms with Crippen LogP contribution >= 0.6 is 0 Å². The number of furan rings is 1. The molecule has 6 nitrogen and oxygen atoms in total. The SMILES string of the molecule is CCc1ccc(C(COC)NC(=O)CCCCC(=O)O)o1. The molecule has 1 rings (SSSR count). The lowest BCUT2D eigenvalue weighted by atomic mass is 10.1. The summed E-state index contributed by atoms with van der Waals surface area (Å²) in [5.41, 5.74) is 0. The molecule has 0 saturated heterocycles. The molecule has 2 N–H and O–H groups in total. The number of nitrogens with one attached hydrogen (secondary N) is 1. The van der Waals surface area contributed by atoms with E-state index < -0.39 is 5.97 Å². The maximum absolute atomic E-state index is 11.9. The van der Waals surface area contributed by atoms with Crippen molar-refractivity contribution in [3.05, 3.63) is 23.7 Å². The summed E-state index contributed by atoms with van der Waals surface area (Å²) in [6, 6.07) is 3.41. The van der Waals surface area contributed by atoms with Crippen LogP contribution < -0.4 is 5.32 Å². The molecule has 1 atom stereocenters. The van der Waals surface area contributed by atoms with E-state index in [0.717, 1.165) is 12.2 Å². The molecule has 0 aliphatic carbocycles. The highest BCUT2D eigenvalue weighted by Gasteiger charge is 2.18. The maximum atomic E-state index is 11.9. The van der Waals surface area contributed by atoms with E-state index in [9.17, 15) is 9.59 Å². The largest absolute Gasteiger partial charge is 0.481 e. The molecule has 0 bridgehead atoms. The van der Waals surface area contributed by atoms with Crippen LogP contribution in [0, 0.1) is 0 Å². The summed E-state index contributed by atoms with van der Waals surface area (Å²) in [4.78, 5) is 22.3. The summed E-state index contributed by atoms with van der Waals surface area (Å²) in [7, 11) is 1.57. The van der Waals surface area contributed by atoms with Crippen LogP contribution in [0.4, 0.5) is 0 Å². The predicted octanol–water partition coefficient (Wildman–Crippen LogP) is 2.29. The Bertz CT molecular complexity index is 455. The van der Waals surface area contributed by atoms with Crippen molar-refractivity contribution in [1.82, 2.24) is 5.32 Å². The average Bonchev–Trinajstić information content (AvgIpc) is 2.92. The maximum Gasteiger partial charge on any atom is 0.303 e. The summed E-state index contributed by atoms with van der Waals surface area (Å²) in [5, 5.41) is 11.4. The second-order valence-corrected chi connectivity index (χ2v) is 4.83. The Morgan fingerprint density at radius 1 is 1.33 bits per heavy atom. The van der Waals surface area contributed by atoms with Crippen LogP contribution in [-0.2, 0) is 20.7 Å². The first-order valence-corrected chi connectivity index (χ1v) is 7.15. The van der Waals surface area contributed by atoms with Gasteiger partial charge in [-0.05, 0) is 25.0 Å². The number of carboxylic acid groups (broad SMARTS) is 1. The molecule has 0 aliphatic heterocycles. The number of hydrogen-bond acceptors (Lipinski definition) is 4. The fourth-order valence-corrected chi connectivity index (χ4v) is 1.96. The smallest absolute Gasteiger partial charge is 0.303 e. The summed E-state index contributed by atoms with van der Waals surface area (Å²) >= 11 is 0. The zero-order chi connectivity index (χ0) is 15.7. The highest BCUT2D eigenvalue weighted by atomic mass is 16.5. The molecule has 0 saturated carbocycles. The number of methoxy groups -OCH3 is 1. The molecule has 118 valence electrons. The second-order valence-electron chi connectivity index (χ2n) is 4.83. The Labute approximate surface area is 124 Å². The first-order valence-electron chi connectivity index (χ1n) is 7.15. The summed E-state index contributed by atoms with van der Waals surface area (Å²) in [5.74, 6) is 0.571. The Kier molecular flexibility index (Phi) is 7.53. The van der Waals surface area contributed by atoms with Gasteiger partial charge >= 0.3 is 5.97 Å². The zero-order valence-electron chi connectivity index (χ0n) is 12.6. The van der Waals surface area contributed by atoms with Gasteiger partial charge in [0.15, 0.2) is 0 Å². The molecule has 0 spiro atoms. The van der Waals surface area contributed by atoms with Crippen LogP contribution in [0.1, 0.15) is 50.2 Å². The van der Waals surface area contributed by atoms with E-state index in [1.807, 2.05) is 19.1 Å². The van der Waals surface area contributed by atoms with Crippen LogP contribution in [0.25, 0.3) is 0 Å². The lowest BCUT2D eigenvalue weighted by molar-refractivity contribution is -0.137. The minimum atomic E-state index is -0.838. The van der Waals surface area contributed by atoms with E-state index in [1.165, 1.54) is 0 Å². The molecule has 0 aromatic carbocycles. The van der Waals surface area contributed by atoms with Gasteiger partial charge in [0.05, 0.1) is 6.61 Å². The third-order valence-corrected chi connectivity index (χ3v) is 3.09. The number of unbranched alkanes of at least 4 members (excludes halogenated alkanes) is 1. The van der Waals surface area contributed by atoms with Gasteiger partial charge in [0.1, 0.15) is 17.6 Å². The highest BCUT2D eigenvalue weighted by molar-refractivity contribution is 5.76. The predicted molar refractivity (Wildman–Crippen MR) is 76.9 cm³/mol. The summed E-state index contributed by atoms with van der Waals surface area (Å²) in [6.45, 7) is 2.33. The van der Waals surface area contributed by atoms with Crippen molar-refractivity contribution in [2.45, 2.75) is 45.1 Å². The molecular weight excluding hydrogens is 274 g/mol. The first-order chi connectivity index (χ1) is 10.1. The number of hydrogen-bond donors (Lipinski definition) is 2. The minimum Gasteiger partial charge on any atom is -0.481 e. The quantitative estimate of drug-likeness (QED) is 0.647. The van der Waals surface area contributed by atoms with Crippen LogP contribution in [-0.4, -0.2) is 30.7 Å². The second kappa shape index (κ2) is 9.18. The number of aryl methyl sites for hydroxylation is 1. The van der Waals surface area contributed by atoms with E-state index in [-0.39, 0.29) is 18.4 Å². The minimum absolute atomic E-state index is 0.0901. The van der Waals surface area contributed by atoms with Gasteiger partial charge in [-0.3, -0.25) is 9.59 Å². The van der Waals surface area contributed by atoms with E-state index in [0.29, 0.717) is 31.6 Å². The van der Waals surface area contributed by atoms with E-state index in [4.69, 9.17) is 14.3 Å². The molecule has 1 aromatic rings. The van der Waals surface area contributed by atoms with Crippen LogP contribution in [0.2, 0.25) is 0 Å². The number of rotatable bonds is 10.